The van der Waals surface area contributed by atoms with Crippen molar-refractivity contribution in [2.75, 3.05) is 0 Å². The van der Waals surface area contributed by atoms with Crippen LogP contribution in [0.15, 0.2) is 30.3 Å². The van der Waals surface area contributed by atoms with Crippen molar-refractivity contribution >= 4 is 0 Å². The summed E-state index contributed by atoms with van der Waals surface area (Å²) in [4.78, 5) is 8.47. The molecule has 1 aliphatic carbocycles. The number of hydrogen-bond donors (Lipinski definition) is 2. The van der Waals surface area contributed by atoms with Crippen LogP contribution in [-0.4, -0.2) is 16.0 Å². The summed E-state index contributed by atoms with van der Waals surface area (Å²) in [6.45, 7) is 2.18. The van der Waals surface area contributed by atoms with Crippen molar-refractivity contribution in [2.24, 2.45) is 5.73 Å². The molecule has 0 spiro atoms. The Bertz CT molecular complexity index is 551. The van der Waals surface area contributed by atoms with Crippen LogP contribution in [0.2, 0.25) is 0 Å². The number of aromatic amines is 1. The van der Waals surface area contributed by atoms with Crippen LogP contribution in [0.25, 0.3) is 11.3 Å². The SMILES string of the molecule is CCc1[nH]c(C2CCC(N)CC2)nc1-c1ccccc1. The van der Waals surface area contributed by atoms with E-state index in [9.17, 15) is 0 Å². The summed E-state index contributed by atoms with van der Waals surface area (Å²) >= 11 is 0. The average Bonchev–Trinajstić information content (AvgIpc) is 2.93. The highest BCUT2D eigenvalue weighted by Crippen LogP contribution is 2.33. The first kappa shape index (κ1) is 13.4. The zero-order chi connectivity index (χ0) is 13.9. The van der Waals surface area contributed by atoms with Crippen molar-refractivity contribution in [1.29, 1.82) is 0 Å². The second kappa shape index (κ2) is 5.80. The van der Waals surface area contributed by atoms with Gasteiger partial charge in [-0.05, 0) is 32.1 Å². The highest BCUT2D eigenvalue weighted by Gasteiger charge is 2.23. The minimum Gasteiger partial charge on any atom is -0.345 e. The number of imidazole rings is 1. The summed E-state index contributed by atoms with van der Waals surface area (Å²) in [6.07, 6.45) is 5.54. The third kappa shape index (κ3) is 2.63. The molecule has 106 valence electrons. The van der Waals surface area contributed by atoms with Gasteiger partial charge in [0.1, 0.15) is 5.82 Å². The summed E-state index contributed by atoms with van der Waals surface area (Å²) < 4.78 is 0. The number of benzene rings is 1. The number of nitrogens with two attached hydrogens (primary N) is 1. The maximum Gasteiger partial charge on any atom is 0.110 e. The number of rotatable bonds is 3. The fraction of sp³-hybridized carbons (Fsp3) is 0.471. The number of H-pyrrole nitrogens is 1. The lowest BCUT2D eigenvalue weighted by molar-refractivity contribution is 0.386. The van der Waals surface area contributed by atoms with Gasteiger partial charge in [0.25, 0.3) is 0 Å². The predicted molar refractivity (Wildman–Crippen MR) is 82.6 cm³/mol. The van der Waals surface area contributed by atoms with Crippen LogP contribution in [0.5, 0.6) is 0 Å². The van der Waals surface area contributed by atoms with Crippen molar-refractivity contribution in [3.8, 4) is 11.3 Å². The van der Waals surface area contributed by atoms with Crippen LogP contribution in [0, 0.1) is 0 Å². The van der Waals surface area contributed by atoms with E-state index in [2.05, 4.69) is 36.2 Å². The number of aromatic nitrogens is 2. The van der Waals surface area contributed by atoms with Crippen LogP contribution in [0.3, 0.4) is 0 Å². The lowest BCUT2D eigenvalue weighted by Gasteiger charge is -2.24. The monoisotopic (exact) mass is 269 g/mol. The minimum absolute atomic E-state index is 0.389. The summed E-state index contributed by atoms with van der Waals surface area (Å²) in [7, 11) is 0. The molecule has 0 unspecified atom stereocenters. The van der Waals surface area contributed by atoms with Gasteiger partial charge in [-0.2, -0.15) is 0 Å². The van der Waals surface area contributed by atoms with E-state index in [1.165, 1.54) is 11.3 Å². The molecule has 0 radical (unpaired) electrons. The molecular weight excluding hydrogens is 246 g/mol. The van der Waals surface area contributed by atoms with Gasteiger partial charge in [-0.3, -0.25) is 0 Å². The van der Waals surface area contributed by atoms with Crippen LogP contribution in [0.4, 0.5) is 0 Å². The molecule has 0 atom stereocenters. The topological polar surface area (TPSA) is 54.7 Å². The summed E-state index contributed by atoms with van der Waals surface area (Å²) in [5.41, 5.74) is 9.58. The smallest absolute Gasteiger partial charge is 0.110 e. The fourth-order valence-corrected chi connectivity index (χ4v) is 3.11. The fourth-order valence-electron chi connectivity index (χ4n) is 3.11. The van der Waals surface area contributed by atoms with Gasteiger partial charge in [-0.15, -0.1) is 0 Å². The Hall–Kier alpha value is -1.61. The molecule has 0 saturated heterocycles. The molecule has 3 rings (SSSR count). The normalized spacial score (nSPS) is 22.9. The molecule has 3 heteroatoms. The Morgan fingerprint density at radius 3 is 2.50 bits per heavy atom. The molecule has 3 nitrogen and oxygen atoms in total. The number of nitrogens with zero attached hydrogens (tertiary/aromatic N) is 1. The van der Waals surface area contributed by atoms with E-state index in [0.29, 0.717) is 12.0 Å². The highest BCUT2D eigenvalue weighted by molar-refractivity contribution is 5.62. The van der Waals surface area contributed by atoms with E-state index in [4.69, 9.17) is 10.7 Å². The predicted octanol–water partition coefficient (Wildman–Crippen LogP) is 3.62. The number of hydrogen-bond acceptors (Lipinski definition) is 2. The van der Waals surface area contributed by atoms with E-state index < -0.39 is 0 Å². The Labute approximate surface area is 120 Å². The van der Waals surface area contributed by atoms with Gasteiger partial charge in [0.15, 0.2) is 0 Å². The van der Waals surface area contributed by atoms with Gasteiger partial charge < -0.3 is 10.7 Å². The van der Waals surface area contributed by atoms with Crippen molar-refractivity contribution < 1.29 is 0 Å². The first-order valence-electron chi connectivity index (χ1n) is 7.67. The third-order valence-electron chi connectivity index (χ3n) is 4.36. The minimum atomic E-state index is 0.389. The molecule has 0 aliphatic heterocycles. The first-order chi connectivity index (χ1) is 9.78. The second-order valence-electron chi connectivity index (χ2n) is 5.78. The van der Waals surface area contributed by atoms with E-state index in [0.717, 1.165) is 43.6 Å². The Morgan fingerprint density at radius 2 is 1.85 bits per heavy atom. The molecule has 1 saturated carbocycles. The Kier molecular flexibility index (Phi) is 3.88. The molecule has 1 heterocycles. The lowest BCUT2D eigenvalue weighted by atomic mass is 9.86. The van der Waals surface area contributed by atoms with Crippen molar-refractivity contribution in [2.45, 2.75) is 51.0 Å². The standard InChI is InChI=1S/C17H23N3/c1-2-15-16(12-6-4-3-5-7-12)20-17(19-15)13-8-10-14(18)11-9-13/h3-7,13-14H,2,8-11,18H2,1H3,(H,19,20). The van der Waals surface area contributed by atoms with Crippen LogP contribution in [-0.2, 0) is 6.42 Å². The molecule has 1 aromatic heterocycles. The Morgan fingerprint density at radius 1 is 1.15 bits per heavy atom. The van der Waals surface area contributed by atoms with E-state index in [1.807, 2.05) is 6.07 Å². The van der Waals surface area contributed by atoms with E-state index in [1.54, 1.807) is 0 Å². The van der Waals surface area contributed by atoms with Crippen molar-refractivity contribution in [3.63, 3.8) is 0 Å². The summed E-state index contributed by atoms with van der Waals surface area (Å²) in [5, 5.41) is 0. The van der Waals surface area contributed by atoms with Gasteiger partial charge in [0, 0.05) is 23.2 Å². The number of nitrogens with one attached hydrogen (secondary N) is 1. The molecule has 1 aliphatic rings. The first-order valence-corrected chi connectivity index (χ1v) is 7.67. The van der Waals surface area contributed by atoms with Gasteiger partial charge in [0.2, 0.25) is 0 Å². The Balaban J connectivity index is 1.89. The molecule has 1 aromatic carbocycles. The average molecular weight is 269 g/mol. The van der Waals surface area contributed by atoms with Crippen molar-refractivity contribution in [3.05, 3.63) is 41.9 Å². The summed E-state index contributed by atoms with van der Waals surface area (Å²) in [6, 6.07) is 10.9. The van der Waals surface area contributed by atoms with Crippen LogP contribution in [0.1, 0.15) is 50.0 Å². The van der Waals surface area contributed by atoms with Gasteiger partial charge in [-0.1, -0.05) is 37.3 Å². The third-order valence-corrected chi connectivity index (χ3v) is 4.36. The largest absolute Gasteiger partial charge is 0.345 e. The van der Waals surface area contributed by atoms with E-state index in [-0.39, 0.29) is 0 Å². The summed E-state index contributed by atoms with van der Waals surface area (Å²) in [5.74, 6) is 1.71. The van der Waals surface area contributed by atoms with Crippen LogP contribution >= 0.6 is 0 Å². The van der Waals surface area contributed by atoms with Gasteiger partial charge in [-0.25, -0.2) is 4.98 Å². The molecule has 2 aromatic rings. The molecule has 20 heavy (non-hydrogen) atoms. The maximum absolute atomic E-state index is 6.00. The maximum atomic E-state index is 6.00. The highest BCUT2D eigenvalue weighted by atomic mass is 14.9. The van der Waals surface area contributed by atoms with Gasteiger partial charge in [0.05, 0.1) is 5.69 Å². The molecule has 0 amide bonds. The number of aryl methyl sites for hydroxylation is 1. The van der Waals surface area contributed by atoms with Gasteiger partial charge >= 0.3 is 0 Å². The molecule has 0 bridgehead atoms. The molecular formula is C17H23N3. The second-order valence-corrected chi connectivity index (χ2v) is 5.78. The quantitative estimate of drug-likeness (QED) is 0.894. The van der Waals surface area contributed by atoms with E-state index >= 15 is 0 Å². The van der Waals surface area contributed by atoms with Crippen molar-refractivity contribution in [1.82, 2.24) is 9.97 Å². The molecule has 1 fully saturated rings. The lowest BCUT2D eigenvalue weighted by Crippen LogP contribution is -2.26. The zero-order valence-electron chi connectivity index (χ0n) is 12.1. The molecule has 3 N–H and O–H groups in total. The zero-order valence-corrected chi connectivity index (χ0v) is 12.1. The van der Waals surface area contributed by atoms with Crippen LogP contribution < -0.4 is 5.73 Å².